The Bertz CT molecular complexity index is 1610. The van der Waals surface area contributed by atoms with Gasteiger partial charge in [-0.2, -0.15) is 4.31 Å². The fraction of sp³-hybridized carbons (Fsp3) is 0.333. The Morgan fingerprint density at radius 3 is 2.21 bits per heavy atom. The summed E-state index contributed by atoms with van der Waals surface area (Å²) in [6.45, 7) is 8.82. The number of fused-ring (bicyclic) bond motifs is 1. The highest BCUT2D eigenvalue weighted by Gasteiger charge is 2.30. The maximum absolute atomic E-state index is 13.7. The predicted molar refractivity (Wildman–Crippen MR) is 153 cm³/mol. The molecule has 4 rings (SSSR count). The summed E-state index contributed by atoms with van der Waals surface area (Å²) in [5, 5.41) is 0.442. The zero-order valence-corrected chi connectivity index (χ0v) is 24.0. The van der Waals surface area contributed by atoms with Gasteiger partial charge >= 0.3 is 0 Å². The quantitative estimate of drug-likeness (QED) is 0.270. The molecule has 0 N–H and O–H groups in total. The van der Waals surface area contributed by atoms with E-state index in [-0.39, 0.29) is 15.9 Å². The lowest BCUT2D eigenvalue weighted by molar-refractivity contribution is 0.146. The Morgan fingerprint density at radius 1 is 0.949 bits per heavy atom. The first-order valence-electron chi connectivity index (χ1n) is 12.8. The summed E-state index contributed by atoms with van der Waals surface area (Å²) < 4.78 is 40.7. The van der Waals surface area contributed by atoms with Crippen molar-refractivity contribution in [1.29, 1.82) is 0 Å². The zero-order chi connectivity index (χ0) is 28.4. The molecule has 9 heteroatoms. The number of rotatable bonds is 9. The minimum Gasteiger partial charge on any atom is -0.491 e. The van der Waals surface area contributed by atoms with Gasteiger partial charge in [0.1, 0.15) is 18.2 Å². The maximum Gasteiger partial charge on any atom is 0.266 e. The second-order valence-electron chi connectivity index (χ2n) is 10.4. The fourth-order valence-corrected chi connectivity index (χ4v) is 5.60. The van der Waals surface area contributed by atoms with Crippen LogP contribution in [0.3, 0.4) is 0 Å². The zero-order valence-electron chi connectivity index (χ0n) is 23.2. The Hall–Kier alpha value is -3.53. The third kappa shape index (κ3) is 5.90. The third-order valence-corrected chi connectivity index (χ3v) is 8.71. The van der Waals surface area contributed by atoms with Gasteiger partial charge in [0.05, 0.1) is 34.1 Å². The standard InChI is InChI=1S/C30H35N3O5S/c1-21(32(5)39(35,36)25-17-11-22(12-18-25)30(2,3)4)28-31-27-10-8-7-9-26(27)29(34)33(28)23-13-15-24(16-14-23)38-20-19-37-6/h7-18,21H,19-20H2,1-6H3. The van der Waals surface area contributed by atoms with Crippen LogP contribution in [0.2, 0.25) is 0 Å². The predicted octanol–water partition coefficient (Wildman–Crippen LogP) is 5.09. The molecule has 1 atom stereocenters. The van der Waals surface area contributed by atoms with Gasteiger partial charge in [0.2, 0.25) is 10.0 Å². The molecule has 1 aromatic heterocycles. The van der Waals surface area contributed by atoms with Gasteiger partial charge in [-0.1, -0.05) is 45.0 Å². The topological polar surface area (TPSA) is 90.7 Å². The average molecular weight is 550 g/mol. The number of hydrogen-bond acceptors (Lipinski definition) is 6. The summed E-state index contributed by atoms with van der Waals surface area (Å²) in [6.07, 6.45) is 0. The second-order valence-corrected chi connectivity index (χ2v) is 12.4. The largest absolute Gasteiger partial charge is 0.491 e. The van der Waals surface area contributed by atoms with Gasteiger partial charge in [0, 0.05) is 14.2 Å². The lowest BCUT2D eigenvalue weighted by Crippen LogP contribution is -2.35. The van der Waals surface area contributed by atoms with Crippen LogP contribution in [-0.2, 0) is 20.2 Å². The van der Waals surface area contributed by atoms with E-state index in [2.05, 4.69) is 20.8 Å². The van der Waals surface area contributed by atoms with E-state index >= 15 is 0 Å². The minimum atomic E-state index is -3.89. The molecule has 3 aromatic carbocycles. The fourth-order valence-electron chi connectivity index (χ4n) is 4.28. The molecule has 8 nitrogen and oxygen atoms in total. The van der Waals surface area contributed by atoms with Gasteiger partial charge in [0.25, 0.3) is 5.56 Å². The van der Waals surface area contributed by atoms with Crippen LogP contribution in [0, 0.1) is 0 Å². The average Bonchev–Trinajstić information content (AvgIpc) is 2.92. The smallest absolute Gasteiger partial charge is 0.266 e. The normalized spacial score (nSPS) is 13.1. The van der Waals surface area contributed by atoms with Crippen molar-refractivity contribution >= 4 is 20.9 Å². The molecule has 0 amide bonds. The van der Waals surface area contributed by atoms with Crippen molar-refractivity contribution in [3.05, 3.63) is 94.5 Å². The van der Waals surface area contributed by atoms with Crippen molar-refractivity contribution in [2.24, 2.45) is 0 Å². The van der Waals surface area contributed by atoms with E-state index in [4.69, 9.17) is 14.5 Å². The molecule has 0 spiro atoms. The van der Waals surface area contributed by atoms with E-state index in [1.165, 1.54) is 15.9 Å². The monoisotopic (exact) mass is 549 g/mol. The molecule has 1 unspecified atom stereocenters. The summed E-state index contributed by atoms with van der Waals surface area (Å²) in [5.74, 6) is 0.940. The van der Waals surface area contributed by atoms with Crippen LogP contribution in [0.25, 0.3) is 16.6 Å². The number of nitrogens with zero attached hydrogens (tertiary/aromatic N) is 3. The molecule has 0 bridgehead atoms. The number of sulfonamides is 1. The molecule has 1 heterocycles. The molecule has 0 aliphatic carbocycles. The van der Waals surface area contributed by atoms with Crippen LogP contribution in [0.15, 0.2) is 82.5 Å². The van der Waals surface area contributed by atoms with Crippen molar-refractivity contribution < 1.29 is 17.9 Å². The van der Waals surface area contributed by atoms with Gasteiger partial charge in [-0.05, 0) is 66.4 Å². The molecular weight excluding hydrogens is 514 g/mol. The summed E-state index contributed by atoms with van der Waals surface area (Å²) in [5.41, 5.74) is 1.71. The summed E-state index contributed by atoms with van der Waals surface area (Å²) in [7, 11) is -0.774. The number of hydrogen-bond donors (Lipinski definition) is 0. The molecule has 4 aromatic rings. The number of methoxy groups -OCH3 is 1. The number of para-hydroxylation sites is 1. The van der Waals surface area contributed by atoms with Gasteiger partial charge in [-0.3, -0.25) is 9.36 Å². The summed E-state index contributed by atoms with van der Waals surface area (Å²) in [4.78, 5) is 18.7. The Morgan fingerprint density at radius 2 is 1.59 bits per heavy atom. The van der Waals surface area contributed by atoms with E-state index in [9.17, 15) is 13.2 Å². The van der Waals surface area contributed by atoms with E-state index in [0.717, 1.165) is 5.56 Å². The Kier molecular flexibility index (Phi) is 8.25. The minimum absolute atomic E-state index is 0.100. The summed E-state index contributed by atoms with van der Waals surface area (Å²) >= 11 is 0. The van der Waals surface area contributed by atoms with Crippen molar-refractivity contribution in [1.82, 2.24) is 13.9 Å². The Balaban J connectivity index is 1.77. The highest BCUT2D eigenvalue weighted by Crippen LogP contribution is 2.29. The van der Waals surface area contributed by atoms with Crippen molar-refractivity contribution in [3.8, 4) is 11.4 Å². The van der Waals surface area contributed by atoms with E-state index < -0.39 is 16.1 Å². The highest BCUT2D eigenvalue weighted by atomic mass is 32.2. The molecule has 0 radical (unpaired) electrons. The lowest BCUT2D eigenvalue weighted by Gasteiger charge is -2.27. The molecular formula is C30H35N3O5S. The van der Waals surface area contributed by atoms with Gasteiger partial charge < -0.3 is 9.47 Å². The van der Waals surface area contributed by atoms with Crippen molar-refractivity contribution in [3.63, 3.8) is 0 Å². The first-order chi connectivity index (χ1) is 18.4. The summed E-state index contributed by atoms with van der Waals surface area (Å²) in [6, 6.07) is 20.3. The van der Waals surface area contributed by atoms with E-state index in [1.807, 2.05) is 12.1 Å². The van der Waals surface area contributed by atoms with Crippen molar-refractivity contribution in [2.45, 2.75) is 44.0 Å². The van der Waals surface area contributed by atoms with Crippen LogP contribution in [-0.4, -0.2) is 49.6 Å². The van der Waals surface area contributed by atoms with Gasteiger partial charge in [0.15, 0.2) is 0 Å². The van der Waals surface area contributed by atoms with E-state index in [1.54, 1.807) is 74.7 Å². The van der Waals surface area contributed by atoms with Gasteiger partial charge in [-0.25, -0.2) is 13.4 Å². The molecule has 0 fully saturated rings. The maximum atomic E-state index is 13.7. The first-order valence-corrected chi connectivity index (χ1v) is 14.2. The Labute approximate surface area is 229 Å². The third-order valence-electron chi connectivity index (χ3n) is 6.77. The first kappa shape index (κ1) is 28.5. The SMILES string of the molecule is COCCOc1ccc(-n2c(C(C)N(C)S(=O)(=O)c3ccc(C(C)(C)C)cc3)nc3ccccc3c2=O)cc1. The highest BCUT2D eigenvalue weighted by molar-refractivity contribution is 7.89. The number of benzene rings is 3. The van der Waals surface area contributed by atoms with Crippen LogP contribution in [0.1, 0.15) is 45.1 Å². The molecule has 0 aliphatic rings. The van der Waals surface area contributed by atoms with Crippen LogP contribution < -0.4 is 10.3 Å². The van der Waals surface area contributed by atoms with Crippen LogP contribution >= 0.6 is 0 Å². The molecule has 39 heavy (non-hydrogen) atoms. The lowest BCUT2D eigenvalue weighted by atomic mass is 9.87. The number of aromatic nitrogens is 2. The molecule has 206 valence electrons. The molecule has 0 aliphatic heterocycles. The van der Waals surface area contributed by atoms with Crippen LogP contribution in [0.5, 0.6) is 5.75 Å². The molecule has 0 saturated heterocycles. The van der Waals surface area contributed by atoms with Crippen molar-refractivity contribution in [2.75, 3.05) is 27.4 Å². The second kappa shape index (κ2) is 11.3. The van der Waals surface area contributed by atoms with E-state index in [0.29, 0.717) is 41.4 Å². The van der Waals surface area contributed by atoms with Gasteiger partial charge in [-0.15, -0.1) is 0 Å². The van der Waals surface area contributed by atoms with Crippen LogP contribution in [0.4, 0.5) is 0 Å². The molecule has 0 saturated carbocycles. The number of ether oxygens (including phenoxy) is 2.